The quantitative estimate of drug-likeness (QED) is 0.861. The van der Waals surface area contributed by atoms with Crippen LogP contribution in [0.25, 0.3) is 0 Å². The molecule has 1 fully saturated rings. The molecule has 1 aromatic heterocycles. The van der Waals surface area contributed by atoms with E-state index in [0.29, 0.717) is 18.8 Å². The number of likely N-dealkylation sites (tertiary alicyclic amines) is 1. The van der Waals surface area contributed by atoms with Crippen LogP contribution in [-0.4, -0.2) is 42.6 Å². The third-order valence-electron chi connectivity index (χ3n) is 4.13. The van der Waals surface area contributed by atoms with Crippen molar-refractivity contribution in [3.63, 3.8) is 0 Å². The molecule has 1 N–H and O–H groups in total. The summed E-state index contributed by atoms with van der Waals surface area (Å²) in [7, 11) is 1.60. The summed E-state index contributed by atoms with van der Waals surface area (Å²) in [5.74, 6) is -0.381. The zero-order valence-electron chi connectivity index (χ0n) is 13.8. The van der Waals surface area contributed by atoms with Gasteiger partial charge in [-0.3, -0.25) is 14.7 Å². The van der Waals surface area contributed by atoms with Gasteiger partial charge in [-0.1, -0.05) is 0 Å². The van der Waals surface area contributed by atoms with Crippen LogP contribution in [0, 0.1) is 0 Å². The average molecular weight is 345 g/mol. The highest BCUT2D eigenvalue weighted by Gasteiger charge is 2.36. The van der Waals surface area contributed by atoms with Crippen molar-refractivity contribution in [2.45, 2.75) is 38.5 Å². The minimum atomic E-state index is -4.48. The van der Waals surface area contributed by atoms with E-state index >= 15 is 0 Å². The molecule has 5 nitrogen and oxygen atoms in total. The van der Waals surface area contributed by atoms with E-state index in [1.165, 1.54) is 13.1 Å². The number of ether oxygens (including phenoxy) is 1. The molecule has 0 bridgehead atoms. The van der Waals surface area contributed by atoms with Crippen LogP contribution in [0.5, 0.6) is 0 Å². The van der Waals surface area contributed by atoms with Crippen LogP contribution >= 0.6 is 0 Å². The summed E-state index contributed by atoms with van der Waals surface area (Å²) >= 11 is 0. The number of carbonyl (C=O) groups is 1. The van der Waals surface area contributed by atoms with E-state index < -0.39 is 11.7 Å². The number of methoxy groups -OCH3 is 1. The lowest BCUT2D eigenvalue weighted by Gasteiger charge is -2.24. The third kappa shape index (κ3) is 4.67. The zero-order chi connectivity index (χ0) is 17.7. The molecule has 1 amide bonds. The Morgan fingerprint density at radius 2 is 2.25 bits per heavy atom. The Kier molecular flexibility index (Phi) is 6.17. The number of carbonyl (C=O) groups excluding carboxylic acids is 1. The molecule has 0 aliphatic carbocycles. The number of hydrogen-bond acceptors (Lipinski definition) is 4. The van der Waals surface area contributed by atoms with Gasteiger partial charge in [-0.25, -0.2) is 0 Å². The molecule has 2 rings (SSSR count). The van der Waals surface area contributed by atoms with E-state index in [-0.39, 0.29) is 24.1 Å². The highest BCUT2D eigenvalue weighted by Crippen LogP contribution is 2.36. The lowest BCUT2D eigenvalue weighted by atomic mass is 10.0. The van der Waals surface area contributed by atoms with Crippen LogP contribution in [0.1, 0.15) is 42.6 Å². The van der Waals surface area contributed by atoms with Crippen molar-refractivity contribution in [3.8, 4) is 0 Å². The van der Waals surface area contributed by atoms with E-state index in [2.05, 4.69) is 15.2 Å². The second kappa shape index (κ2) is 7.94. The molecular formula is C16H22F3N3O2. The van der Waals surface area contributed by atoms with Crippen LogP contribution in [0.15, 0.2) is 12.3 Å². The van der Waals surface area contributed by atoms with Gasteiger partial charge in [0.25, 0.3) is 0 Å². The summed E-state index contributed by atoms with van der Waals surface area (Å²) in [4.78, 5) is 17.3. The molecule has 1 aromatic rings. The molecular weight excluding hydrogens is 323 g/mol. The maximum atomic E-state index is 13.4. The summed E-state index contributed by atoms with van der Waals surface area (Å²) < 4.78 is 45.2. The first-order chi connectivity index (χ1) is 11.3. The lowest BCUT2D eigenvalue weighted by Crippen LogP contribution is -2.28. The smallest absolute Gasteiger partial charge is 0.383 e. The Hall–Kier alpha value is -1.67. The number of hydrogen-bond donors (Lipinski definition) is 1. The van der Waals surface area contributed by atoms with E-state index in [1.54, 1.807) is 7.11 Å². The summed E-state index contributed by atoms with van der Waals surface area (Å²) in [6.45, 7) is 3.10. The van der Waals surface area contributed by atoms with E-state index in [1.807, 2.05) is 0 Å². The third-order valence-corrected chi connectivity index (χ3v) is 4.13. The average Bonchev–Trinajstić information content (AvgIpc) is 2.98. The van der Waals surface area contributed by atoms with Crippen LogP contribution in [0.4, 0.5) is 13.2 Å². The predicted molar refractivity (Wildman–Crippen MR) is 82.2 cm³/mol. The number of rotatable bonds is 6. The SMILES string of the molecule is COCCN1CCCC1c1cc(C(F)(F)F)c(CNC(C)=O)cn1. The Balaban J connectivity index is 2.26. The van der Waals surface area contributed by atoms with E-state index in [9.17, 15) is 18.0 Å². The topological polar surface area (TPSA) is 54.5 Å². The number of nitrogens with zero attached hydrogens (tertiary/aromatic N) is 2. The highest BCUT2D eigenvalue weighted by molar-refractivity contribution is 5.72. The summed E-state index contributed by atoms with van der Waals surface area (Å²) in [5.41, 5.74) is -0.342. The van der Waals surface area contributed by atoms with Gasteiger partial charge in [-0.2, -0.15) is 13.2 Å². The van der Waals surface area contributed by atoms with Crippen LogP contribution < -0.4 is 5.32 Å². The molecule has 24 heavy (non-hydrogen) atoms. The Morgan fingerprint density at radius 1 is 1.50 bits per heavy atom. The van der Waals surface area contributed by atoms with Gasteiger partial charge in [0.05, 0.1) is 23.9 Å². The summed E-state index contributed by atoms with van der Waals surface area (Å²) in [6.07, 6.45) is -1.56. The zero-order valence-corrected chi connectivity index (χ0v) is 13.8. The number of pyridine rings is 1. The van der Waals surface area contributed by atoms with Crippen molar-refractivity contribution >= 4 is 5.91 Å². The Labute approximate surface area is 139 Å². The molecule has 2 heterocycles. The minimum Gasteiger partial charge on any atom is -0.383 e. The Morgan fingerprint density at radius 3 is 2.88 bits per heavy atom. The lowest BCUT2D eigenvalue weighted by molar-refractivity contribution is -0.138. The molecule has 1 saturated heterocycles. The van der Waals surface area contributed by atoms with Crippen molar-refractivity contribution < 1.29 is 22.7 Å². The number of nitrogens with one attached hydrogen (secondary N) is 1. The van der Waals surface area contributed by atoms with Crippen molar-refractivity contribution in [1.82, 2.24) is 15.2 Å². The molecule has 1 unspecified atom stereocenters. The maximum Gasteiger partial charge on any atom is 0.416 e. The van der Waals surface area contributed by atoms with Gasteiger partial charge in [0.15, 0.2) is 0 Å². The molecule has 134 valence electrons. The second-order valence-electron chi connectivity index (χ2n) is 5.86. The first-order valence-electron chi connectivity index (χ1n) is 7.86. The van der Waals surface area contributed by atoms with Gasteiger partial charge in [-0.15, -0.1) is 0 Å². The normalized spacial score (nSPS) is 18.8. The number of aromatic nitrogens is 1. The minimum absolute atomic E-state index is 0.0251. The largest absolute Gasteiger partial charge is 0.416 e. The van der Waals surface area contributed by atoms with E-state index in [0.717, 1.165) is 25.5 Å². The number of halogens is 3. The standard InChI is InChI=1S/C16H22F3N3O2/c1-11(23)20-9-12-10-21-14(8-13(12)16(17,18)19)15-4-3-5-22(15)6-7-24-2/h8,10,15H,3-7,9H2,1-2H3,(H,20,23). The van der Waals surface area contributed by atoms with Crippen molar-refractivity contribution in [2.24, 2.45) is 0 Å². The maximum absolute atomic E-state index is 13.4. The molecule has 1 aliphatic heterocycles. The number of amides is 1. The van der Waals surface area contributed by atoms with Gasteiger partial charge in [0, 0.05) is 38.9 Å². The van der Waals surface area contributed by atoms with Gasteiger partial charge >= 0.3 is 6.18 Å². The van der Waals surface area contributed by atoms with Crippen LogP contribution in [0.2, 0.25) is 0 Å². The van der Waals surface area contributed by atoms with Gasteiger partial charge in [0.2, 0.25) is 5.91 Å². The fraction of sp³-hybridized carbons (Fsp3) is 0.625. The summed E-state index contributed by atoms with van der Waals surface area (Å²) in [5, 5.41) is 2.39. The summed E-state index contributed by atoms with van der Waals surface area (Å²) in [6, 6.07) is 0.989. The molecule has 0 spiro atoms. The van der Waals surface area contributed by atoms with Gasteiger partial charge in [-0.05, 0) is 25.5 Å². The van der Waals surface area contributed by atoms with E-state index in [4.69, 9.17) is 4.74 Å². The number of alkyl halides is 3. The second-order valence-corrected chi connectivity index (χ2v) is 5.86. The fourth-order valence-corrected chi connectivity index (χ4v) is 2.94. The Bertz CT molecular complexity index is 578. The molecule has 1 atom stereocenters. The fourth-order valence-electron chi connectivity index (χ4n) is 2.94. The van der Waals surface area contributed by atoms with Gasteiger partial charge in [0.1, 0.15) is 0 Å². The van der Waals surface area contributed by atoms with Gasteiger partial charge < -0.3 is 10.1 Å². The highest BCUT2D eigenvalue weighted by atomic mass is 19.4. The van der Waals surface area contributed by atoms with Crippen molar-refractivity contribution in [3.05, 3.63) is 29.1 Å². The first kappa shape index (κ1) is 18.7. The molecule has 1 aliphatic rings. The predicted octanol–water partition coefficient (Wildman–Crippen LogP) is 2.52. The molecule has 0 radical (unpaired) electrons. The van der Waals surface area contributed by atoms with Crippen molar-refractivity contribution in [1.29, 1.82) is 0 Å². The first-order valence-corrected chi connectivity index (χ1v) is 7.86. The monoisotopic (exact) mass is 345 g/mol. The molecule has 8 heteroatoms. The molecule has 0 saturated carbocycles. The molecule has 0 aromatic carbocycles. The van der Waals surface area contributed by atoms with Crippen LogP contribution in [-0.2, 0) is 22.3 Å². The van der Waals surface area contributed by atoms with Crippen molar-refractivity contribution in [2.75, 3.05) is 26.8 Å². The van der Waals surface area contributed by atoms with Crippen LogP contribution in [0.3, 0.4) is 0 Å².